The van der Waals surface area contributed by atoms with Gasteiger partial charge >= 0.3 is 0 Å². The van der Waals surface area contributed by atoms with E-state index in [1.165, 1.54) is 11.1 Å². The van der Waals surface area contributed by atoms with Crippen LogP contribution in [0.1, 0.15) is 0 Å². The van der Waals surface area contributed by atoms with Gasteiger partial charge in [0.25, 0.3) is 0 Å². The quantitative estimate of drug-likeness (QED) is 0.176. The molecule has 2 heterocycles. The van der Waals surface area contributed by atoms with Crippen molar-refractivity contribution in [1.29, 1.82) is 0 Å². The summed E-state index contributed by atoms with van der Waals surface area (Å²) in [6.45, 7) is 0. The first kappa shape index (κ1) is 30.6. The van der Waals surface area contributed by atoms with E-state index in [1.54, 1.807) is 0 Å². The van der Waals surface area contributed by atoms with Crippen LogP contribution in [0.2, 0.25) is 0 Å². The second-order valence-corrected chi connectivity index (χ2v) is 13.2. The lowest BCUT2D eigenvalue weighted by atomic mass is 9.98. The smallest absolute Gasteiger partial charge is 0.164 e. The first-order valence-corrected chi connectivity index (χ1v) is 17.8. The van der Waals surface area contributed by atoms with E-state index in [1.807, 2.05) is 24.3 Å². The second kappa shape index (κ2) is 12.9. The number of nitrogens with zero attached hydrogens (tertiary/aromatic N) is 3. The fourth-order valence-corrected chi connectivity index (χ4v) is 7.34. The van der Waals surface area contributed by atoms with Gasteiger partial charge in [-0.2, -0.15) is 0 Å². The summed E-state index contributed by atoms with van der Waals surface area (Å²) in [5.41, 5.74) is 11.2. The molecular formula is C49H31N3O. The van der Waals surface area contributed by atoms with E-state index in [9.17, 15) is 0 Å². The van der Waals surface area contributed by atoms with Crippen LogP contribution in [0.15, 0.2) is 192 Å². The molecule has 0 saturated carbocycles. The highest BCUT2D eigenvalue weighted by Crippen LogP contribution is 2.39. The summed E-state index contributed by atoms with van der Waals surface area (Å²) in [4.78, 5) is 15.5. The molecule has 10 rings (SSSR count). The molecular weight excluding hydrogens is 647 g/mol. The lowest BCUT2D eigenvalue weighted by molar-refractivity contribution is 0.669. The molecule has 53 heavy (non-hydrogen) atoms. The Labute approximate surface area is 306 Å². The fourth-order valence-electron chi connectivity index (χ4n) is 7.34. The maximum atomic E-state index is 6.51. The molecule has 0 aliphatic rings. The zero-order valence-corrected chi connectivity index (χ0v) is 28.6. The van der Waals surface area contributed by atoms with Gasteiger partial charge in [-0.1, -0.05) is 158 Å². The van der Waals surface area contributed by atoms with E-state index in [4.69, 9.17) is 19.4 Å². The molecule has 8 aromatic carbocycles. The standard InChI is InChI=1S/C49H31N3O/c1-4-13-32(14-5-1)35-19-10-21-38(30-35)47-50-48(39-26-28-43-45(31-39)53-44-24-12-22-41(46(43)44)34-17-8-3-9-18-34)52-49(51-47)42-23-11-20-37-29-36(25-27-40(37)42)33-15-6-2-7-16-33/h1-31H. The molecule has 0 aliphatic carbocycles. The summed E-state index contributed by atoms with van der Waals surface area (Å²) in [6, 6.07) is 65.1. The molecule has 4 nitrogen and oxygen atoms in total. The van der Waals surface area contributed by atoms with Gasteiger partial charge in [-0.05, 0) is 74.5 Å². The average molecular weight is 678 g/mol. The van der Waals surface area contributed by atoms with Crippen LogP contribution in [0.5, 0.6) is 0 Å². The Hall–Kier alpha value is -7.17. The van der Waals surface area contributed by atoms with Gasteiger partial charge in [0.1, 0.15) is 11.2 Å². The van der Waals surface area contributed by atoms with Crippen LogP contribution in [0.25, 0.3) is 100 Å². The minimum atomic E-state index is 0.582. The monoisotopic (exact) mass is 677 g/mol. The largest absolute Gasteiger partial charge is 0.456 e. The van der Waals surface area contributed by atoms with E-state index in [-0.39, 0.29) is 0 Å². The van der Waals surface area contributed by atoms with Gasteiger partial charge in [-0.15, -0.1) is 0 Å². The summed E-state index contributed by atoms with van der Waals surface area (Å²) in [6.07, 6.45) is 0. The van der Waals surface area contributed by atoms with Gasteiger partial charge < -0.3 is 4.42 Å². The third-order valence-corrected chi connectivity index (χ3v) is 9.93. The molecule has 0 bridgehead atoms. The summed E-state index contributed by atoms with van der Waals surface area (Å²) >= 11 is 0. The second-order valence-electron chi connectivity index (χ2n) is 13.2. The SMILES string of the molecule is c1ccc(-c2cccc(-c3nc(-c4ccc5c(c4)oc4cccc(-c6ccccc6)c45)nc(-c4cccc5cc(-c6ccccc6)ccc45)n3)c2)cc1. The zero-order valence-electron chi connectivity index (χ0n) is 28.6. The lowest BCUT2D eigenvalue weighted by Gasteiger charge is -2.12. The van der Waals surface area contributed by atoms with E-state index in [0.29, 0.717) is 17.5 Å². The summed E-state index contributed by atoms with van der Waals surface area (Å²) in [7, 11) is 0. The van der Waals surface area contributed by atoms with Crippen molar-refractivity contribution in [3.63, 3.8) is 0 Å². The van der Waals surface area contributed by atoms with Gasteiger partial charge in [0, 0.05) is 27.5 Å². The van der Waals surface area contributed by atoms with Crippen LogP contribution < -0.4 is 0 Å². The molecule has 0 spiro atoms. The molecule has 4 heteroatoms. The number of fused-ring (bicyclic) bond motifs is 4. The Morgan fingerprint density at radius 3 is 1.57 bits per heavy atom. The molecule has 0 saturated heterocycles. The van der Waals surface area contributed by atoms with Crippen LogP contribution in [-0.2, 0) is 0 Å². The molecule has 0 aliphatic heterocycles. The highest BCUT2D eigenvalue weighted by atomic mass is 16.3. The van der Waals surface area contributed by atoms with Crippen molar-refractivity contribution in [3.05, 3.63) is 188 Å². The van der Waals surface area contributed by atoms with Crippen molar-refractivity contribution in [2.75, 3.05) is 0 Å². The van der Waals surface area contributed by atoms with Crippen molar-refractivity contribution in [2.45, 2.75) is 0 Å². The molecule has 0 atom stereocenters. The average Bonchev–Trinajstić information content (AvgIpc) is 3.62. The van der Waals surface area contributed by atoms with Crippen molar-refractivity contribution in [1.82, 2.24) is 15.0 Å². The van der Waals surface area contributed by atoms with E-state index in [2.05, 4.69) is 164 Å². The Balaban J connectivity index is 1.15. The fraction of sp³-hybridized carbons (Fsp3) is 0. The summed E-state index contributed by atoms with van der Waals surface area (Å²) in [5.74, 6) is 1.81. The molecule has 248 valence electrons. The summed E-state index contributed by atoms with van der Waals surface area (Å²) < 4.78 is 6.51. The van der Waals surface area contributed by atoms with Crippen LogP contribution in [0, 0.1) is 0 Å². The first-order valence-electron chi connectivity index (χ1n) is 17.8. The highest BCUT2D eigenvalue weighted by Gasteiger charge is 2.18. The minimum absolute atomic E-state index is 0.582. The van der Waals surface area contributed by atoms with Crippen molar-refractivity contribution in [3.8, 4) is 67.5 Å². The Morgan fingerprint density at radius 1 is 0.302 bits per heavy atom. The Morgan fingerprint density at radius 2 is 0.830 bits per heavy atom. The van der Waals surface area contributed by atoms with Crippen molar-refractivity contribution < 1.29 is 4.42 Å². The number of hydrogen-bond acceptors (Lipinski definition) is 4. The molecule has 0 N–H and O–H groups in total. The van der Waals surface area contributed by atoms with Crippen molar-refractivity contribution >= 4 is 32.7 Å². The van der Waals surface area contributed by atoms with Crippen molar-refractivity contribution in [2.24, 2.45) is 0 Å². The summed E-state index contributed by atoms with van der Waals surface area (Å²) in [5, 5.41) is 4.35. The Kier molecular flexibility index (Phi) is 7.43. The van der Waals surface area contributed by atoms with E-state index >= 15 is 0 Å². The molecule has 0 fully saturated rings. The van der Waals surface area contributed by atoms with Crippen LogP contribution in [-0.4, -0.2) is 15.0 Å². The number of hydrogen-bond donors (Lipinski definition) is 0. The topological polar surface area (TPSA) is 51.8 Å². The molecule has 0 unspecified atom stereocenters. The first-order chi connectivity index (χ1) is 26.2. The predicted octanol–water partition coefficient (Wildman–Crippen LogP) is 12.9. The third kappa shape index (κ3) is 5.63. The van der Waals surface area contributed by atoms with E-state index < -0.39 is 0 Å². The molecule has 0 amide bonds. The molecule has 0 radical (unpaired) electrons. The van der Waals surface area contributed by atoms with Crippen LogP contribution in [0.3, 0.4) is 0 Å². The normalized spacial score (nSPS) is 11.4. The maximum absolute atomic E-state index is 6.51. The molecule has 2 aromatic heterocycles. The lowest BCUT2D eigenvalue weighted by Crippen LogP contribution is -2.00. The van der Waals surface area contributed by atoms with Gasteiger partial charge in [-0.3, -0.25) is 0 Å². The molecule has 10 aromatic rings. The third-order valence-electron chi connectivity index (χ3n) is 9.93. The number of aromatic nitrogens is 3. The number of furan rings is 1. The Bertz CT molecular complexity index is 2940. The van der Waals surface area contributed by atoms with Gasteiger partial charge in [0.05, 0.1) is 0 Å². The van der Waals surface area contributed by atoms with Gasteiger partial charge in [-0.25, -0.2) is 15.0 Å². The van der Waals surface area contributed by atoms with Crippen LogP contribution >= 0.6 is 0 Å². The van der Waals surface area contributed by atoms with E-state index in [0.717, 1.165) is 71.7 Å². The van der Waals surface area contributed by atoms with Crippen LogP contribution in [0.4, 0.5) is 0 Å². The van der Waals surface area contributed by atoms with Gasteiger partial charge in [0.15, 0.2) is 17.5 Å². The maximum Gasteiger partial charge on any atom is 0.164 e. The predicted molar refractivity (Wildman–Crippen MR) is 217 cm³/mol. The van der Waals surface area contributed by atoms with Gasteiger partial charge in [0.2, 0.25) is 0 Å². The number of rotatable bonds is 6. The number of benzene rings is 8. The highest BCUT2D eigenvalue weighted by molar-refractivity contribution is 6.13. The minimum Gasteiger partial charge on any atom is -0.456 e. The zero-order chi connectivity index (χ0) is 35.1.